The van der Waals surface area contributed by atoms with Gasteiger partial charge in [0.05, 0.1) is 10.9 Å². The van der Waals surface area contributed by atoms with Gasteiger partial charge < -0.3 is 10.6 Å². The van der Waals surface area contributed by atoms with E-state index < -0.39 is 10.0 Å². The van der Waals surface area contributed by atoms with Crippen molar-refractivity contribution in [1.29, 1.82) is 0 Å². The lowest BCUT2D eigenvalue weighted by Gasteiger charge is -2.11. The minimum atomic E-state index is -3.43. The first-order chi connectivity index (χ1) is 10.0. The Kier molecular flexibility index (Phi) is 3.97. The molecule has 1 atom stereocenters. The number of nitrogens with one attached hydrogen (secondary N) is 3. The third kappa shape index (κ3) is 3.61. The van der Waals surface area contributed by atoms with Crippen molar-refractivity contribution < 1.29 is 13.2 Å². The number of sulfonamides is 1. The topological polar surface area (TPSA) is 87.3 Å². The number of benzene rings is 1. The maximum atomic E-state index is 12.0. The number of rotatable bonds is 5. The zero-order valence-electron chi connectivity index (χ0n) is 11.6. The molecule has 1 saturated heterocycles. The van der Waals surface area contributed by atoms with Crippen molar-refractivity contribution in [3.8, 4) is 0 Å². The van der Waals surface area contributed by atoms with Gasteiger partial charge in [-0.05, 0) is 56.5 Å². The average Bonchev–Trinajstić information content (AvgIpc) is 3.08. The van der Waals surface area contributed by atoms with Crippen molar-refractivity contribution in [2.75, 3.05) is 11.9 Å². The molecule has 3 rings (SSSR count). The Hall–Kier alpha value is -1.44. The lowest BCUT2D eigenvalue weighted by molar-refractivity contribution is -0.117. The minimum Gasteiger partial charge on any atom is -0.325 e. The third-order valence-electron chi connectivity index (χ3n) is 3.71. The monoisotopic (exact) mass is 309 g/mol. The molecule has 21 heavy (non-hydrogen) atoms. The fraction of sp³-hybridized carbons (Fsp3) is 0.500. The highest BCUT2D eigenvalue weighted by Gasteiger charge is 2.28. The molecule has 1 aromatic rings. The predicted molar refractivity (Wildman–Crippen MR) is 79.4 cm³/mol. The second kappa shape index (κ2) is 5.75. The molecule has 1 aromatic carbocycles. The fourth-order valence-electron chi connectivity index (χ4n) is 2.34. The van der Waals surface area contributed by atoms with Crippen LogP contribution >= 0.6 is 0 Å². The summed E-state index contributed by atoms with van der Waals surface area (Å²) in [7, 11) is -3.43. The number of amides is 1. The lowest BCUT2D eigenvalue weighted by atomic mass is 10.2. The fourth-order valence-corrected chi connectivity index (χ4v) is 3.65. The number of anilines is 1. The molecule has 0 aromatic heterocycles. The third-order valence-corrected chi connectivity index (χ3v) is 5.24. The zero-order chi connectivity index (χ0) is 14.9. The molecule has 0 bridgehead atoms. The molecule has 2 aliphatic rings. The van der Waals surface area contributed by atoms with Gasteiger partial charge in [0.25, 0.3) is 0 Å². The zero-order valence-corrected chi connectivity index (χ0v) is 12.4. The van der Waals surface area contributed by atoms with Gasteiger partial charge in [0.2, 0.25) is 15.9 Å². The summed E-state index contributed by atoms with van der Waals surface area (Å²) in [6.45, 7) is 0.863. The van der Waals surface area contributed by atoms with E-state index in [4.69, 9.17) is 0 Å². The van der Waals surface area contributed by atoms with Crippen LogP contribution in [0.3, 0.4) is 0 Å². The molecule has 1 heterocycles. The van der Waals surface area contributed by atoms with E-state index in [1.807, 2.05) is 0 Å². The van der Waals surface area contributed by atoms with E-state index in [1.165, 1.54) is 12.1 Å². The van der Waals surface area contributed by atoms with E-state index >= 15 is 0 Å². The molecule has 1 unspecified atom stereocenters. The van der Waals surface area contributed by atoms with Crippen molar-refractivity contribution in [3.63, 3.8) is 0 Å². The second-order valence-electron chi connectivity index (χ2n) is 5.56. The Bertz CT molecular complexity index is 617. The highest BCUT2D eigenvalue weighted by Crippen LogP contribution is 2.23. The SMILES string of the molecule is O=C(Nc1ccc(S(=O)(=O)NC2CC2)cc1)C1CCCN1. The van der Waals surface area contributed by atoms with Crippen molar-refractivity contribution in [1.82, 2.24) is 10.0 Å². The smallest absolute Gasteiger partial charge is 0.241 e. The average molecular weight is 309 g/mol. The summed E-state index contributed by atoms with van der Waals surface area (Å²) in [4.78, 5) is 12.2. The van der Waals surface area contributed by atoms with E-state index in [9.17, 15) is 13.2 Å². The minimum absolute atomic E-state index is 0.0702. The van der Waals surface area contributed by atoms with Crippen LogP contribution in [0.15, 0.2) is 29.2 Å². The maximum Gasteiger partial charge on any atom is 0.241 e. The molecule has 1 saturated carbocycles. The highest BCUT2D eigenvalue weighted by molar-refractivity contribution is 7.89. The van der Waals surface area contributed by atoms with E-state index in [0.717, 1.165) is 32.2 Å². The van der Waals surface area contributed by atoms with E-state index in [2.05, 4.69) is 15.4 Å². The van der Waals surface area contributed by atoms with Gasteiger partial charge in [-0.2, -0.15) is 0 Å². The Morgan fingerprint density at radius 1 is 1.14 bits per heavy atom. The van der Waals surface area contributed by atoms with Crippen LogP contribution in [-0.2, 0) is 14.8 Å². The van der Waals surface area contributed by atoms with E-state index in [0.29, 0.717) is 5.69 Å². The molecule has 1 aliphatic carbocycles. The summed E-state index contributed by atoms with van der Waals surface area (Å²) in [5.41, 5.74) is 0.610. The molecule has 1 amide bonds. The van der Waals surface area contributed by atoms with Crippen LogP contribution < -0.4 is 15.4 Å². The molecular formula is C14H19N3O3S. The molecule has 0 spiro atoms. The first kappa shape index (κ1) is 14.5. The summed E-state index contributed by atoms with van der Waals surface area (Å²) < 4.78 is 26.7. The van der Waals surface area contributed by atoms with Crippen molar-refractivity contribution >= 4 is 21.6 Å². The quantitative estimate of drug-likeness (QED) is 0.751. The highest BCUT2D eigenvalue weighted by atomic mass is 32.2. The van der Waals surface area contributed by atoms with E-state index in [-0.39, 0.29) is 22.9 Å². The summed E-state index contributed by atoms with van der Waals surface area (Å²) in [6.07, 6.45) is 3.65. The molecular weight excluding hydrogens is 290 g/mol. The van der Waals surface area contributed by atoms with Gasteiger partial charge in [0.1, 0.15) is 0 Å². The molecule has 114 valence electrons. The Morgan fingerprint density at radius 3 is 2.43 bits per heavy atom. The normalized spacial score (nSPS) is 22.2. The van der Waals surface area contributed by atoms with Crippen LogP contribution in [0.5, 0.6) is 0 Å². The van der Waals surface area contributed by atoms with Crippen molar-refractivity contribution in [3.05, 3.63) is 24.3 Å². The number of carbonyl (C=O) groups excluding carboxylic acids is 1. The summed E-state index contributed by atoms with van der Waals surface area (Å²) >= 11 is 0. The van der Waals surface area contributed by atoms with Crippen LogP contribution in [0.25, 0.3) is 0 Å². The van der Waals surface area contributed by atoms with Crippen molar-refractivity contribution in [2.24, 2.45) is 0 Å². The molecule has 1 aliphatic heterocycles. The molecule has 3 N–H and O–H groups in total. The van der Waals surface area contributed by atoms with Crippen LogP contribution in [-0.4, -0.2) is 33.0 Å². The van der Waals surface area contributed by atoms with Gasteiger partial charge in [0.15, 0.2) is 0 Å². The lowest BCUT2D eigenvalue weighted by Crippen LogP contribution is -2.35. The second-order valence-corrected chi connectivity index (χ2v) is 7.27. The number of hydrogen-bond donors (Lipinski definition) is 3. The van der Waals surface area contributed by atoms with Gasteiger partial charge >= 0.3 is 0 Å². The Morgan fingerprint density at radius 2 is 1.86 bits per heavy atom. The summed E-state index contributed by atoms with van der Waals surface area (Å²) in [6, 6.07) is 6.21. The number of carbonyl (C=O) groups is 1. The summed E-state index contributed by atoms with van der Waals surface area (Å²) in [5.74, 6) is -0.0702. The maximum absolute atomic E-state index is 12.0. The van der Waals surface area contributed by atoms with E-state index in [1.54, 1.807) is 12.1 Å². The Labute approximate surface area is 124 Å². The largest absolute Gasteiger partial charge is 0.325 e. The van der Waals surface area contributed by atoms with Gasteiger partial charge in [-0.1, -0.05) is 0 Å². The molecule has 0 radical (unpaired) electrons. The molecule has 7 heteroatoms. The van der Waals surface area contributed by atoms with Crippen LogP contribution in [0.2, 0.25) is 0 Å². The molecule has 2 fully saturated rings. The van der Waals surface area contributed by atoms with Gasteiger partial charge in [-0.25, -0.2) is 13.1 Å². The van der Waals surface area contributed by atoms with Crippen LogP contribution in [0.1, 0.15) is 25.7 Å². The standard InChI is InChI=1S/C14H19N3O3S/c18-14(13-2-1-9-15-13)16-10-5-7-12(8-6-10)21(19,20)17-11-3-4-11/h5-8,11,13,15,17H,1-4,9H2,(H,16,18). The van der Waals surface area contributed by atoms with Gasteiger partial charge in [-0.3, -0.25) is 4.79 Å². The van der Waals surface area contributed by atoms with Crippen molar-refractivity contribution in [2.45, 2.75) is 42.7 Å². The molecule has 6 nitrogen and oxygen atoms in total. The van der Waals surface area contributed by atoms with Gasteiger partial charge in [0, 0.05) is 11.7 Å². The van der Waals surface area contributed by atoms with Crippen LogP contribution in [0, 0.1) is 0 Å². The van der Waals surface area contributed by atoms with Gasteiger partial charge in [-0.15, -0.1) is 0 Å². The Balaban J connectivity index is 1.64. The first-order valence-electron chi connectivity index (χ1n) is 7.21. The summed E-state index contributed by atoms with van der Waals surface area (Å²) in [5, 5.41) is 5.92. The predicted octanol–water partition coefficient (Wildman–Crippen LogP) is 0.818. The first-order valence-corrected chi connectivity index (χ1v) is 8.69. The number of hydrogen-bond acceptors (Lipinski definition) is 4. The van der Waals surface area contributed by atoms with Crippen LogP contribution in [0.4, 0.5) is 5.69 Å².